The largest absolute Gasteiger partial charge is 0.359 e. The Hall–Kier alpha value is -2.26. The molecule has 2 atom stereocenters. The Morgan fingerprint density at radius 2 is 1.78 bits per heavy atom. The number of anilines is 2. The number of benzene rings is 1. The van der Waals surface area contributed by atoms with Crippen molar-refractivity contribution in [2.45, 2.75) is 43.5 Å². The maximum Gasteiger partial charge on any atom is 0.264 e. The van der Waals surface area contributed by atoms with Gasteiger partial charge in [0.1, 0.15) is 0 Å². The summed E-state index contributed by atoms with van der Waals surface area (Å²) in [6, 6.07) is 8.38. The fourth-order valence-electron chi connectivity index (χ4n) is 3.11. The van der Waals surface area contributed by atoms with E-state index in [1.165, 1.54) is 43.8 Å². The molecule has 0 bridgehead atoms. The molecular weight excluding hydrogens is 382 g/mol. The third-order valence-electron chi connectivity index (χ3n) is 4.64. The van der Waals surface area contributed by atoms with E-state index >= 15 is 0 Å². The molecule has 1 heterocycles. The first-order valence-electron chi connectivity index (χ1n) is 8.91. The second-order valence-electron chi connectivity index (χ2n) is 6.67. The third-order valence-corrected chi connectivity index (χ3v) is 6.21. The zero-order valence-electron chi connectivity index (χ0n) is 15.1. The van der Waals surface area contributed by atoms with Crippen molar-refractivity contribution in [1.82, 2.24) is 15.3 Å². The second-order valence-corrected chi connectivity index (χ2v) is 8.76. The van der Waals surface area contributed by atoms with Crippen molar-refractivity contribution < 1.29 is 8.42 Å². The van der Waals surface area contributed by atoms with Crippen LogP contribution in [0.1, 0.15) is 32.6 Å². The summed E-state index contributed by atoms with van der Waals surface area (Å²) in [7, 11) is -3.74. The van der Waals surface area contributed by atoms with Crippen LogP contribution < -0.4 is 15.4 Å². The molecule has 1 fully saturated rings. The lowest BCUT2D eigenvalue weighted by atomic mass is 9.86. The van der Waals surface area contributed by atoms with Crippen molar-refractivity contribution in [3.8, 4) is 0 Å². The van der Waals surface area contributed by atoms with Crippen molar-refractivity contribution in [3.63, 3.8) is 0 Å². The van der Waals surface area contributed by atoms with Crippen LogP contribution in [-0.4, -0.2) is 29.5 Å². The number of hydrogen-bond acceptors (Lipinski definition) is 5. The Balaban J connectivity index is 1.60. The van der Waals surface area contributed by atoms with Crippen molar-refractivity contribution in [1.29, 1.82) is 0 Å². The van der Waals surface area contributed by atoms with E-state index in [4.69, 9.17) is 12.2 Å². The summed E-state index contributed by atoms with van der Waals surface area (Å²) in [5.74, 6) is 0.629. The topological polar surface area (TPSA) is 96.0 Å². The molecule has 2 aromatic rings. The molecule has 3 rings (SSSR count). The van der Waals surface area contributed by atoms with Gasteiger partial charge in [0.2, 0.25) is 5.95 Å². The van der Waals surface area contributed by atoms with Gasteiger partial charge in [-0.2, -0.15) is 0 Å². The molecule has 144 valence electrons. The van der Waals surface area contributed by atoms with Crippen molar-refractivity contribution in [2.75, 3.05) is 10.0 Å². The summed E-state index contributed by atoms with van der Waals surface area (Å²) in [5.41, 5.74) is 0.728. The number of aromatic nitrogens is 2. The molecule has 1 aromatic heterocycles. The van der Waals surface area contributed by atoms with Gasteiger partial charge in [-0.3, -0.25) is 0 Å². The molecule has 2 unspecified atom stereocenters. The predicted molar refractivity (Wildman–Crippen MR) is 110 cm³/mol. The van der Waals surface area contributed by atoms with Crippen LogP contribution in [0.2, 0.25) is 0 Å². The Labute approximate surface area is 165 Å². The first kappa shape index (κ1) is 19.5. The zero-order chi connectivity index (χ0) is 19.3. The zero-order valence-corrected chi connectivity index (χ0v) is 16.7. The van der Waals surface area contributed by atoms with Crippen LogP contribution in [0.3, 0.4) is 0 Å². The number of hydrogen-bond donors (Lipinski definition) is 3. The number of nitrogens with zero attached hydrogens (tertiary/aromatic N) is 2. The summed E-state index contributed by atoms with van der Waals surface area (Å²) < 4.78 is 27.1. The van der Waals surface area contributed by atoms with Crippen LogP contribution in [0.5, 0.6) is 0 Å². The van der Waals surface area contributed by atoms with E-state index in [1.54, 1.807) is 18.2 Å². The van der Waals surface area contributed by atoms with E-state index in [-0.39, 0.29) is 10.8 Å². The minimum absolute atomic E-state index is 0.0340. The van der Waals surface area contributed by atoms with Crippen LogP contribution >= 0.6 is 12.2 Å². The molecule has 0 aliphatic heterocycles. The maximum absolute atomic E-state index is 12.4. The first-order valence-corrected chi connectivity index (χ1v) is 10.8. The molecule has 1 saturated carbocycles. The van der Waals surface area contributed by atoms with Crippen molar-refractivity contribution >= 4 is 39.0 Å². The number of nitrogens with one attached hydrogen (secondary N) is 3. The van der Waals surface area contributed by atoms with Crippen LogP contribution in [0.4, 0.5) is 11.6 Å². The van der Waals surface area contributed by atoms with Gasteiger partial charge in [-0.05, 0) is 61.3 Å². The molecule has 0 amide bonds. The second kappa shape index (κ2) is 8.62. The molecule has 3 N–H and O–H groups in total. The molecule has 0 spiro atoms. The Morgan fingerprint density at radius 3 is 2.44 bits per heavy atom. The van der Waals surface area contributed by atoms with Gasteiger partial charge >= 0.3 is 0 Å². The van der Waals surface area contributed by atoms with Gasteiger partial charge in [-0.15, -0.1) is 0 Å². The number of rotatable bonds is 5. The highest BCUT2D eigenvalue weighted by Crippen LogP contribution is 2.24. The number of sulfonamides is 1. The predicted octanol–water partition coefficient (Wildman–Crippen LogP) is 3.14. The van der Waals surface area contributed by atoms with E-state index in [2.05, 4.69) is 32.2 Å². The Kier molecular flexibility index (Phi) is 6.22. The summed E-state index contributed by atoms with van der Waals surface area (Å²) in [6.07, 6.45) is 7.77. The van der Waals surface area contributed by atoms with Gasteiger partial charge < -0.3 is 10.6 Å². The maximum atomic E-state index is 12.4. The van der Waals surface area contributed by atoms with Gasteiger partial charge in [0.25, 0.3) is 10.0 Å². The van der Waals surface area contributed by atoms with Gasteiger partial charge in [0, 0.05) is 24.1 Å². The van der Waals surface area contributed by atoms with Crippen LogP contribution in [0.25, 0.3) is 0 Å². The highest BCUT2D eigenvalue weighted by Gasteiger charge is 2.21. The van der Waals surface area contributed by atoms with E-state index < -0.39 is 10.0 Å². The SMILES string of the molecule is CC1CCCCC1NC(=S)Nc1ccc(S(=O)(=O)Nc2ncccn2)cc1. The minimum Gasteiger partial charge on any atom is -0.359 e. The summed E-state index contributed by atoms with van der Waals surface area (Å²) in [4.78, 5) is 7.86. The molecule has 0 saturated heterocycles. The molecule has 27 heavy (non-hydrogen) atoms. The molecule has 1 aromatic carbocycles. The molecule has 7 nitrogen and oxygen atoms in total. The van der Waals surface area contributed by atoms with Gasteiger partial charge in [-0.25, -0.2) is 23.1 Å². The van der Waals surface area contributed by atoms with E-state index in [1.807, 2.05) is 0 Å². The Morgan fingerprint density at radius 1 is 1.11 bits per heavy atom. The molecule has 1 aliphatic rings. The normalized spacial score (nSPS) is 19.9. The van der Waals surface area contributed by atoms with Gasteiger partial charge in [0.05, 0.1) is 4.90 Å². The van der Waals surface area contributed by atoms with Crippen molar-refractivity contribution in [2.24, 2.45) is 5.92 Å². The fourth-order valence-corrected chi connectivity index (χ4v) is 4.34. The van der Waals surface area contributed by atoms with E-state index in [0.717, 1.165) is 12.1 Å². The molecule has 0 radical (unpaired) electrons. The van der Waals surface area contributed by atoms with Gasteiger partial charge in [0.15, 0.2) is 5.11 Å². The lowest BCUT2D eigenvalue weighted by molar-refractivity contribution is 0.309. The summed E-state index contributed by atoms with van der Waals surface area (Å²) in [6.45, 7) is 2.24. The van der Waals surface area contributed by atoms with Crippen molar-refractivity contribution in [3.05, 3.63) is 42.7 Å². The Bertz CT molecular complexity index is 872. The first-order chi connectivity index (χ1) is 12.9. The van der Waals surface area contributed by atoms with Crippen LogP contribution in [0, 0.1) is 5.92 Å². The molecular formula is C18H23N5O2S2. The monoisotopic (exact) mass is 405 g/mol. The van der Waals surface area contributed by atoms with Gasteiger partial charge in [-0.1, -0.05) is 19.8 Å². The summed E-state index contributed by atoms with van der Waals surface area (Å²) in [5, 5.41) is 7.04. The molecule has 9 heteroatoms. The average molecular weight is 406 g/mol. The molecule has 1 aliphatic carbocycles. The quantitative estimate of drug-likeness (QED) is 0.658. The van der Waals surface area contributed by atoms with Crippen LogP contribution in [0.15, 0.2) is 47.6 Å². The standard InChI is InChI=1S/C18H23N5O2S2/c1-13-5-2-3-6-16(13)22-18(26)21-14-7-9-15(10-8-14)27(24,25)23-17-19-11-4-12-20-17/h4,7-13,16H,2-3,5-6H2,1H3,(H,19,20,23)(H2,21,22,26). The van der Waals surface area contributed by atoms with Crippen LogP contribution in [-0.2, 0) is 10.0 Å². The minimum atomic E-state index is -3.74. The summed E-state index contributed by atoms with van der Waals surface area (Å²) >= 11 is 5.39. The average Bonchev–Trinajstić information content (AvgIpc) is 2.64. The fraction of sp³-hybridized carbons (Fsp3) is 0.389. The smallest absolute Gasteiger partial charge is 0.264 e. The highest BCUT2D eigenvalue weighted by molar-refractivity contribution is 7.92. The van der Waals surface area contributed by atoms with E-state index in [0.29, 0.717) is 17.1 Å². The lowest BCUT2D eigenvalue weighted by Gasteiger charge is -2.30. The third kappa shape index (κ3) is 5.36. The lowest BCUT2D eigenvalue weighted by Crippen LogP contribution is -2.43. The number of thiocarbonyl (C=S) groups is 1. The highest BCUT2D eigenvalue weighted by atomic mass is 32.2. The van der Waals surface area contributed by atoms with E-state index in [9.17, 15) is 8.42 Å².